The number of amides is 1. The lowest BCUT2D eigenvalue weighted by molar-refractivity contribution is -0.129. The molecule has 0 aromatic carbocycles. The fraction of sp³-hybridized carbons (Fsp3) is 0.875. The molecule has 0 atom stereocenters. The van der Waals surface area contributed by atoms with E-state index in [1.54, 1.807) is 6.92 Å². The molecule has 0 unspecified atom stereocenters. The Morgan fingerprint density at radius 2 is 2.18 bits per heavy atom. The molecule has 0 radical (unpaired) electrons. The SMILES string of the molecule is CC(=O)N1CCSC(C)(C)C1. The van der Waals surface area contributed by atoms with Crippen molar-refractivity contribution in [3.8, 4) is 0 Å². The third-order valence-electron chi connectivity index (χ3n) is 1.87. The van der Waals surface area contributed by atoms with Crippen LogP contribution in [0.5, 0.6) is 0 Å². The van der Waals surface area contributed by atoms with Gasteiger partial charge in [-0.05, 0) is 13.8 Å². The molecule has 0 aromatic heterocycles. The first-order valence-corrected chi connectivity index (χ1v) is 4.89. The van der Waals surface area contributed by atoms with Crippen LogP contribution < -0.4 is 0 Å². The van der Waals surface area contributed by atoms with Gasteiger partial charge in [0, 0.05) is 30.5 Å². The third kappa shape index (κ3) is 2.40. The Kier molecular flexibility index (Phi) is 2.47. The summed E-state index contributed by atoms with van der Waals surface area (Å²) < 4.78 is 0.254. The number of nitrogens with zero attached hydrogens (tertiary/aromatic N) is 1. The fourth-order valence-corrected chi connectivity index (χ4v) is 2.40. The van der Waals surface area contributed by atoms with Gasteiger partial charge in [-0.3, -0.25) is 4.79 Å². The summed E-state index contributed by atoms with van der Waals surface area (Å²) in [7, 11) is 0. The number of hydrogen-bond acceptors (Lipinski definition) is 2. The van der Waals surface area contributed by atoms with Gasteiger partial charge in [-0.25, -0.2) is 0 Å². The quantitative estimate of drug-likeness (QED) is 0.551. The van der Waals surface area contributed by atoms with E-state index >= 15 is 0 Å². The van der Waals surface area contributed by atoms with Crippen LogP contribution in [-0.4, -0.2) is 34.4 Å². The van der Waals surface area contributed by atoms with Crippen molar-refractivity contribution in [3.63, 3.8) is 0 Å². The second kappa shape index (κ2) is 3.05. The van der Waals surface area contributed by atoms with Gasteiger partial charge in [-0.2, -0.15) is 11.8 Å². The number of carbonyl (C=O) groups is 1. The Morgan fingerprint density at radius 1 is 1.55 bits per heavy atom. The van der Waals surface area contributed by atoms with Crippen molar-refractivity contribution in [2.75, 3.05) is 18.8 Å². The highest BCUT2D eigenvalue weighted by molar-refractivity contribution is 8.00. The molecule has 0 aliphatic carbocycles. The van der Waals surface area contributed by atoms with E-state index in [1.807, 2.05) is 16.7 Å². The van der Waals surface area contributed by atoms with Crippen LogP contribution in [0.25, 0.3) is 0 Å². The van der Waals surface area contributed by atoms with E-state index < -0.39 is 0 Å². The van der Waals surface area contributed by atoms with Crippen molar-refractivity contribution in [2.24, 2.45) is 0 Å². The van der Waals surface area contributed by atoms with E-state index in [2.05, 4.69) is 13.8 Å². The molecule has 1 aliphatic rings. The van der Waals surface area contributed by atoms with Crippen molar-refractivity contribution in [1.29, 1.82) is 0 Å². The molecule has 0 bridgehead atoms. The summed E-state index contributed by atoms with van der Waals surface area (Å²) in [5.41, 5.74) is 0. The lowest BCUT2D eigenvalue weighted by atomic mass is 10.2. The normalized spacial score (nSPS) is 23.4. The topological polar surface area (TPSA) is 20.3 Å². The van der Waals surface area contributed by atoms with Crippen LogP contribution in [0.4, 0.5) is 0 Å². The van der Waals surface area contributed by atoms with Crippen molar-refractivity contribution in [2.45, 2.75) is 25.5 Å². The van der Waals surface area contributed by atoms with Gasteiger partial charge in [0.25, 0.3) is 0 Å². The first-order chi connectivity index (χ1) is 5.01. The minimum Gasteiger partial charge on any atom is -0.341 e. The first kappa shape index (κ1) is 8.91. The lowest BCUT2D eigenvalue weighted by Gasteiger charge is -2.36. The fourth-order valence-electron chi connectivity index (χ4n) is 1.29. The summed E-state index contributed by atoms with van der Waals surface area (Å²) in [4.78, 5) is 12.9. The molecule has 2 nitrogen and oxygen atoms in total. The molecule has 0 aromatic rings. The second-order valence-corrected chi connectivity index (χ2v) is 5.35. The van der Waals surface area contributed by atoms with E-state index in [0.717, 1.165) is 18.8 Å². The summed E-state index contributed by atoms with van der Waals surface area (Å²) in [5.74, 6) is 1.28. The van der Waals surface area contributed by atoms with Gasteiger partial charge in [0.2, 0.25) is 5.91 Å². The predicted molar refractivity (Wildman–Crippen MR) is 48.8 cm³/mol. The summed E-state index contributed by atoms with van der Waals surface area (Å²) in [6.07, 6.45) is 0. The minimum absolute atomic E-state index is 0.207. The largest absolute Gasteiger partial charge is 0.341 e. The van der Waals surface area contributed by atoms with Crippen LogP contribution >= 0.6 is 11.8 Å². The van der Waals surface area contributed by atoms with Gasteiger partial charge < -0.3 is 4.90 Å². The number of carbonyl (C=O) groups excluding carboxylic acids is 1. The van der Waals surface area contributed by atoms with Crippen molar-refractivity contribution in [3.05, 3.63) is 0 Å². The number of rotatable bonds is 0. The molecule has 0 N–H and O–H groups in total. The van der Waals surface area contributed by atoms with E-state index in [-0.39, 0.29) is 10.7 Å². The van der Waals surface area contributed by atoms with E-state index in [4.69, 9.17) is 0 Å². The van der Waals surface area contributed by atoms with Crippen LogP contribution in [-0.2, 0) is 4.79 Å². The van der Waals surface area contributed by atoms with Crippen LogP contribution in [0.3, 0.4) is 0 Å². The van der Waals surface area contributed by atoms with E-state index in [0.29, 0.717) is 0 Å². The van der Waals surface area contributed by atoms with Gasteiger partial charge >= 0.3 is 0 Å². The smallest absolute Gasteiger partial charge is 0.219 e. The average Bonchev–Trinajstić information content (AvgIpc) is 1.85. The maximum atomic E-state index is 11.0. The zero-order chi connectivity index (χ0) is 8.48. The molecule has 11 heavy (non-hydrogen) atoms. The van der Waals surface area contributed by atoms with Crippen molar-refractivity contribution < 1.29 is 4.79 Å². The highest BCUT2D eigenvalue weighted by Gasteiger charge is 2.27. The Labute approximate surface area is 72.3 Å². The molecule has 3 heteroatoms. The van der Waals surface area contributed by atoms with E-state index in [1.165, 1.54) is 0 Å². The van der Waals surface area contributed by atoms with Crippen LogP contribution in [0.1, 0.15) is 20.8 Å². The molecule has 1 fully saturated rings. The van der Waals surface area contributed by atoms with Crippen molar-refractivity contribution in [1.82, 2.24) is 4.90 Å². The first-order valence-electron chi connectivity index (χ1n) is 3.91. The molecule has 1 aliphatic heterocycles. The second-order valence-electron chi connectivity index (χ2n) is 3.55. The maximum Gasteiger partial charge on any atom is 0.219 e. The molecule has 1 amide bonds. The highest BCUT2D eigenvalue weighted by Crippen LogP contribution is 2.29. The van der Waals surface area contributed by atoms with Gasteiger partial charge in [0.1, 0.15) is 0 Å². The average molecular weight is 173 g/mol. The zero-order valence-corrected chi connectivity index (χ0v) is 8.20. The molecule has 1 saturated heterocycles. The molecular formula is C8H15NOS. The Hall–Kier alpha value is -0.180. The van der Waals surface area contributed by atoms with Crippen molar-refractivity contribution >= 4 is 17.7 Å². The summed E-state index contributed by atoms with van der Waals surface area (Å²) in [5, 5.41) is 0. The third-order valence-corrected chi connectivity index (χ3v) is 3.17. The Balaban J connectivity index is 2.53. The standard InChI is InChI=1S/C8H15NOS/c1-7(10)9-4-5-11-8(2,3)6-9/h4-6H2,1-3H3. The maximum absolute atomic E-state index is 11.0. The summed E-state index contributed by atoms with van der Waals surface area (Å²) in [6, 6.07) is 0. The molecule has 0 spiro atoms. The minimum atomic E-state index is 0.207. The zero-order valence-electron chi connectivity index (χ0n) is 7.39. The summed E-state index contributed by atoms with van der Waals surface area (Å²) in [6.45, 7) is 7.84. The van der Waals surface area contributed by atoms with Crippen LogP contribution in [0.2, 0.25) is 0 Å². The predicted octanol–water partition coefficient (Wildman–Crippen LogP) is 1.36. The summed E-state index contributed by atoms with van der Waals surface area (Å²) >= 11 is 1.95. The number of thioether (sulfide) groups is 1. The Bertz CT molecular complexity index is 167. The van der Waals surface area contributed by atoms with Crippen LogP contribution in [0.15, 0.2) is 0 Å². The van der Waals surface area contributed by atoms with E-state index in [9.17, 15) is 4.79 Å². The molecule has 0 saturated carbocycles. The van der Waals surface area contributed by atoms with Gasteiger partial charge in [-0.1, -0.05) is 0 Å². The Morgan fingerprint density at radius 3 is 2.55 bits per heavy atom. The van der Waals surface area contributed by atoms with Crippen LogP contribution in [0, 0.1) is 0 Å². The van der Waals surface area contributed by atoms with Gasteiger partial charge in [-0.15, -0.1) is 0 Å². The molecule has 1 rings (SSSR count). The van der Waals surface area contributed by atoms with Gasteiger partial charge in [0.15, 0.2) is 0 Å². The van der Waals surface area contributed by atoms with Gasteiger partial charge in [0.05, 0.1) is 0 Å². The molecule has 1 heterocycles. The monoisotopic (exact) mass is 173 g/mol. The molecular weight excluding hydrogens is 158 g/mol. The molecule has 64 valence electrons. The highest BCUT2D eigenvalue weighted by atomic mass is 32.2. The number of hydrogen-bond donors (Lipinski definition) is 0. The lowest BCUT2D eigenvalue weighted by Crippen LogP contribution is -2.45.